The maximum absolute atomic E-state index is 12.7. The summed E-state index contributed by atoms with van der Waals surface area (Å²) in [5.41, 5.74) is 1.67. The molecule has 1 aliphatic carbocycles. The van der Waals surface area contributed by atoms with Gasteiger partial charge in [0.25, 0.3) is 0 Å². The SMILES string of the molecule is CCOc1ccc(C(C)=O)cc1CSCC(=O)N(CC)C1CCCCC1. The summed E-state index contributed by atoms with van der Waals surface area (Å²) in [5.74, 6) is 2.22. The summed E-state index contributed by atoms with van der Waals surface area (Å²) in [5, 5.41) is 0. The molecule has 1 amide bonds. The first-order valence-corrected chi connectivity index (χ1v) is 10.9. The fraction of sp³-hybridized carbons (Fsp3) is 0.619. The number of hydrogen-bond donors (Lipinski definition) is 0. The number of carbonyl (C=O) groups is 2. The Hall–Kier alpha value is -1.49. The first-order chi connectivity index (χ1) is 12.6. The van der Waals surface area contributed by atoms with E-state index in [1.165, 1.54) is 19.3 Å². The van der Waals surface area contributed by atoms with Gasteiger partial charge in [-0.3, -0.25) is 9.59 Å². The molecule has 1 saturated carbocycles. The number of ketones is 1. The predicted octanol–water partition coefficient (Wildman–Crippen LogP) is 4.70. The predicted molar refractivity (Wildman–Crippen MR) is 108 cm³/mol. The number of hydrogen-bond acceptors (Lipinski definition) is 4. The highest BCUT2D eigenvalue weighted by molar-refractivity contribution is 7.99. The molecule has 0 atom stereocenters. The lowest BCUT2D eigenvalue weighted by Gasteiger charge is -2.33. The van der Waals surface area contributed by atoms with Crippen LogP contribution in [0.15, 0.2) is 18.2 Å². The zero-order valence-corrected chi connectivity index (χ0v) is 17.1. The number of benzene rings is 1. The highest BCUT2D eigenvalue weighted by atomic mass is 32.2. The Morgan fingerprint density at radius 1 is 1.19 bits per heavy atom. The molecule has 1 fully saturated rings. The third kappa shape index (κ3) is 5.76. The van der Waals surface area contributed by atoms with Gasteiger partial charge in [0.05, 0.1) is 12.4 Å². The summed E-state index contributed by atoms with van der Waals surface area (Å²) in [6.45, 7) is 6.96. The van der Waals surface area contributed by atoms with Crippen molar-refractivity contribution in [1.82, 2.24) is 4.90 Å². The number of rotatable bonds is 9. The molecule has 5 heteroatoms. The molecule has 0 saturated heterocycles. The second kappa shape index (κ2) is 10.6. The second-order valence-corrected chi connectivity index (χ2v) is 7.76. The minimum Gasteiger partial charge on any atom is -0.494 e. The zero-order valence-electron chi connectivity index (χ0n) is 16.3. The quantitative estimate of drug-likeness (QED) is 0.585. The molecular weight excluding hydrogens is 346 g/mol. The van der Waals surface area contributed by atoms with Crippen LogP contribution < -0.4 is 4.74 Å². The largest absolute Gasteiger partial charge is 0.494 e. The zero-order chi connectivity index (χ0) is 18.9. The molecule has 0 spiro atoms. The Kier molecular flexibility index (Phi) is 8.49. The first kappa shape index (κ1) is 20.8. The summed E-state index contributed by atoms with van der Waals surface area (Å²) < 4.78 is 5.67. The van der Waals surface area contributed by atoms with Crippen LogP contribution in [-0.2, 0) is 10.5 Å². The van der Waals surface area contributed by atoms with Crippen molar-refractivity contribution >= 4 is 23.5 Å². The molecule has 0 aliphatic heterocycles. The van der Waals surface area contributed by atoms with Gasteiger partial charge in [-0.2, -0.15) is 0 Å². The van der Waals surface area contributed by atoms with Crippen LogP contribution in [0.1, 0.15) is 68.8 Å². The van der Waals surface area contributed by atoms with Crippen molar-refractivity contribution in [3.05, 3.63) is 29.3 Å². The Bertz CT molecular complexity index is 611. The van der Waals surface area contributed by atoms with Crippen LogP contribution in [0.5, 0.6) is 5.75 Å². The van der Waals surface area contributed by atoms with Crippen LogP contribution in [0.2, 0.25) is 0 Å². The van der Waals surface area contributed by atoms with E-state index in [-0.39, 0.29) is 11.7 Å². The van der Waals surface area contributed by atoms with Crippen molar-refractivity contribution in [2.45, 2.75) is 64.7 Å². The maximum Gasteiger partial charge on any atom is 0.232 e. The molecule has 26 heavy (non-hydrogen) atoms. The molecule has 4 nitrogen and oxygen atoms in total. The van der Waals surface area contributed by atoms with Gasteiger partial charge in [0.15, 0.2) is 5.78 Å². The van der Waals surface area contributed by atoms with Gasteiger partial charge < -0.3 is 9.64 Å². The highest BCUT2D eigenvalue weighted by Crippen LogP contribution is 2.27. The van der Waals surface area contributed by atoms with Gasteiger partial charge in [0.2, 0.25) is 5.91 Å². The molecule has 2 rings (SSSR count). The van der Waals surface area contributed by atoms with E-state index < -0.39 is 0 Å². The third-order valence-corrected chi connectivity index (χ3v) is 5.89. The number of amides is 1. The van der Waals surface area contributed by atoms with Crippen LogP contribution in [0.3, 0.4) is 0 Å². The molecule has 0 N–H and O–H groups in total. The van der Waals surface area contributed by atoms with Crippen LogP contribution in [0.4, 0.5) is 0 Å². The monoisotopic (exact) mass is 377 g/mol. The van der Waals surface area contributed by atoms with E-state index in [1.807, 2.05) is 19.1 Å². The lowest BCUT2D eigenvalue weighted by molar-refractivity contribution is -0.131. The van der Waals surface area contributed by atoms with Gasteiger partial charge in [0.1, 0.15) is 5.75 Å². The molecule has 0 heterocycles. The molecule has 1 aromatic carbocycles. The Balaban J connectivity index is 1.95. The van der Waals surface area contributed by atoms with Gasteiger partial charge in [-0.15, -0.1) is 11.8 Å². The van der Waals surface area contributed by atoms with Crippen LogP contribution in [0, 0.1) is 0 Å². The average molecular weight is 378 g/mol. The van der Waals surface area contributed by atoms with Gasteiger partial charge in [-0.05, 0) is 51.8 Å². The molecule has 0 radical (unpaired) electrons. The highest BCUT2D eigenvalue weighted by Gasteiger charge is 2.23. The van der Waals surface area contributed by atoms with Crippen molar-refractivity contribution in [2.24, 2.45) is 0 Å². The summed E-state index contributed by atoms with van der Waals surface area (Å²) >= 11 is 1.60. The average Bonchev–Trinajstić information content (AvgIpc) is 2.64. The number of nitrogens with zero attached hydrogens (tertiary/aromatic N) is 1. The van der Waals surface area contributed by atoms with Crippen LogP contribution in [-0.4, -0.2) is 41.5 Å². The van der Waals surface area contributed by atoms with Crippen molar-refractivity contribution in [1.29, 1.82) is 0 Å². The molecule has 0 aromatic heterocycles. The third-order valence-electron chi connectivity index (χ3n) is 4.93. The fourth-order valence-electron chi connectivity index (χ4n) is 3.57. The van der Waals surface area contributed by atoms with E-state index in [0.717, 1.165) is 30.7 Å². The van der Waals surface area contributed by atoms with Crippen molar-refractivity contribution in [2.75, 3.05) is 18.9 Å². The first-order valence-electron chi connectivity index (χ1n) is 9.70. The van der Waals surface area contributed by atoms with E-state index in [4.69, 9.17) is 4.74 Å². The normalized spacial score (nSPS) is 14.9. The van der Waals surface area contributed by atoms with E-state index >= 15 is 0 Å². The second-order valence-electron chi connectivity index (χ2n) is 6.78. The number of carbonyl (C=O) groups excluding carboxylic acids is 2. The molecule has 1 aliphatic rings. The molecule has 144 valence electrons. The Morgan fingerprint density at radius 3 is 2.54 bits per heavy atom. The van der Waals surface area contributed by atoms with Gasteiger partial charge >= 0.3 is 0 Å². The smallest absolute Gasteiger partial charge is 0.232 e. The maximum atomic E-state index is 12.7. The minimum atomic E-state index is 0.0461. The number of thioether (sulfide) groups is 1. The van der Waals surface area contributed by atoms with Gasteiger partial charge in [-0.25, -0.2) is 0 Å². The minimum absolute atomic E-state index is 0.0461. The molecular formula is C21H31NO3S. The standard InChI is InChI=1S/C21H31NO3S/c1-4-22(19-9-7-6-8-10-19)21(24)15-26-14-18-13-17(16(3)23)11-12-20(18)25-5-2/h11-13,19H,4-10,14-15H2,1-3H3. The van der Waals surface area contributed by atoms with Crippen LogP contribution >= 0.6 is 11.8 Å². The topological polar surface area (TPSA) is 46.6 Å². The number of ether oxygens (including phenoxy) is 1. The van der Waals surface area contributed by atoms with Crippen molar-refractivity contribution in [3.8, 4) is 5.75 Å². The Labute approximate surface area is 161 Å². The summed E-state index contributed by atoms with van der Waals surface area (Å²) in [4.78, 5) is 26.4. The van der Waals surface area contributed by atoms with Gasteiger partial charge in [-0.1, -0.05) is 19.3 Å². The van der Waals surface area contributed by atoms with E-state index in [1.54, 1.807) is 24.8 Å². The fourth-order valence-corrected chi connectivity index (χ4v) is 4.46. The molecule has 0 bridgehead atoms. The van der Waals surface area contributed by atoms with E-state index in [9.17, 15) is 9.59 Å². The van der Waals surface area contributed by atoms with Crippen molar-refractivity contribution in [3.63, 3.8) is 0 Å². The lowest BCUT2D eigenvalue weighted by Crippen LogP contribution is -2.42. The molecule has 1 aromatic rings. The Morgan fingerprint density at radius 2 is 1.92 bits per heavy atom. The summed E-state index contributed by atoms with van der Waals surface area (Å²) in [6, 6.07) is 5.97. The lowest BCUT2D eigenvalue weighted by atomic mass is 9.94. The van der Waals surface area contributed by atoms with Gasteiger partial charge in [0, 0.05) is 29.5 Å². The summed E-state index contributed by atoms with van der Waals surface area (Å²) in [7, 11) is 0. The van der Waals surface area contributed by atoms with Crippen molar-refractivity contribution < 1.29 is 14.3 Å². The van der Waals surface area contributed by atoms with Crippen LogP contribution in [0.25, 0.3) is 0 Å². The van der Waals surface area contributed by atoms with E-state index in [0.29, 0.717) is 29.7 Å². The number of Topliss-reactive ketones (excluding diaryl/α,β-unsaturated/α-hetero) is 1. The summed E-state index contributed by atoms with van der Waals surface area (Å²) in [6.07, 6.45) is 6.04. The molecule has 0 unspecified atom stereocenters. The van der Waals surface area contributed by atoms with E-state index in [2.05, 4.69) is 11.8 Å².